The fourth-order valence-electron chi connectivity index (χ4n) is 3.05. The Labute approximate surface area is 162 Å². The maximum absolute atomic E-state index is 12.5. The minimum atomic E-state index is -3.51. The molecular weight excluding hydrogens is 360 g/mol. The summed E-state index contributed by atoms with van der Waals surface area (Å²) in [5.41, 5.74) is 5.36. The lowest BCUT2D eigenvalue weighted by Crippen LogP contribution is -2.40. The third kappa shape index (κ3) is 5.91. The normalized spacial score (nSPS) is 12.8. The lowest BCUT2D eigenvalue weighted by Gasteiger charge is -2.22. The van der Waals surface area contributed by atoms with Gasteiger partial charge in [-0.3, -0.25) is 4.79 Å². The average Bonchev–Trinajstić information content (AvgIpc) is 2.57. The minimum Gasteiger partial charge on any atom is -0.348 e. The van der Waals surface area contributed by atoms with Crippen molar-refractivity contribution >= 4 is 15.9 Å². The molecule has 0 aliphatic rings. The highest BCUT2D eigenvalue weighted by molar-refractivity contribution is 7.88. The van der Waals surface area contributed by atoms with E-state index in [1.54, 1.807) is 0 Å². The summed E-state index contributed by atoms with van der Waals surface area (Å²) in [5.74, 6) is -0.318. The molecule has 0 fully saturated rings. The maximum atomic E-state index is 12.5. The van der Waals surface area contributed by atoms with Crippen molar-refractivity contribution in [1.29, 1.82) is 0 Å². The summed E-state index contributed by atoms with van der Waals surface area (Å²) in [6.07, 6.45) is 1.13. The van der Waals surface area contributed by atoms with Crippen LogP contribution in [0, 0.1) is 20.8 Å². The number of carbonyl (C=O) groups is 1. The van der Waals surface area contributed by atoms with Gasteiger partial charge in [0.05, 0.1) is 18.8 Å². The molecule has 0 saturated carbocycles. The van der Waals surface area contributed by atoms with Crippen LogP contribution in [-0.2, 0) is 21.4 Å². The molecule has 146 valence electrons. The van der Waals surface area contributed by atoms with Crippen LogP contribution in [0.1, 0.15) is 40.8 Å². The van der Waals surface area contributed by atoms with Crippen LogP contribution in [-0.4, -0.2) is 31.4 Å². The number of nitrogens with zero attached hydrogens (tertiary/aromatic N) is 1. The summed E-state index contributed by atoms with van der Waals surface area (Å²) in [5, 5.41) is 2.93. The van der Waals surface area contributed by atoms with Gasteiger partial charge in [0.15, 0.2) is 0 Å². The molecule has 1 amide bonds. The van der Waals surface area contributed by atoms with Crippen LogP contribution in [0.25, 0.3) is 0 Å². The van der Waals surface area contributed by atoms with Crippen LogP contribution in [0.4, 0.5) is 0 Å². The van der Waals surface area contributed by atoms with E-state index < -0.39 is 10.0 Å². The fourth-order valence-corrected chi connectivity index (χ4v) is 3.79. The molecule has 0 aromatic heterocycles. The Morgan fingerprint density at radius 3 is 2.22 bits per heavy atom. The van der Waals surface area contributed by atoms with E-state index >= 15 is 0 Å². The van der Waals surface area contributed by atoms with Crippen LogP contribution in [0.3, 0.4) is 0 Å². The predicted molar refractivity (Wildman–Crippen MR) is 109 cm³/mol. The molecular formula is C21H28N2O3S. The Morgan fingerprint density at radius 2 is 1.63 bits per heavy atom. The quantitative estimate of drug-likeness (QED) is 0.792. The van der Waals surface area contributed by atoms with Crippen LogP contribution in [0.15, 0.2) is 42.5 Å². The van der Waals surface area contributed by atoms with Gasteiger partial charge in [0.25, 0.3) is 0 Å². The second kappa shape index (κ2) is 8.67. The van der Waals surface area contributed by atoms with Gasteiger partial charge in [0, 0.05) is 6.54 Å². The molecule has 5 nitrogen and oxygen atoms in total. The van der Waals surface area contributed by atoms with Gasteiger partial charge >= 0.3 is 0 Å². The first-order valence-electron chi connectivity index (χ1n) is 8.94. The predicted octanol–water partition coefficient (Wildman–Crippen LogP) is 3.25. The van der Waals surface area contributed by atoms with Crippen molar-refractivity contribution in [3.05, 3.63) is 70.3 Å². The molecule has 0 aliphatic heterocycles. The number of aryl methyl sites for hydroxylation is 3. The second-order valence-corrected chi connectivity index (χ2v) is 9.08. The monoisotopic (exact) mass is 388 g/mol. The van der Waals surface area contributed by atoms with Gasteiger partial charge in [0.1, 0.15) is 0 Å². The number of hydrogen-bond donors (Lipinski definition) is 1. The Kier molecular flexibility index (Phi) is 6.78. The SMILES string of the molecule is Cc1cc(C)c(C(C)NC(=O)CN(Cc2ccccc2)S(C)(=O)=O)cc1C. The van der Waals surface area contributed by atoms with E-state index in [9.17, 15) is 13.2 Å². The molecule has 0 saturated heterocycles. The standard InChI is InChI=1S/C21H28N2O3S/c1-15-11-17(3)20(12-16(15)2)18(4)22-21(24)14-23(27(5,25)26)13-19-9-7-6-8-10-19/h6-12,18H,13-14H2,1-5H3,(H,22,24). The van der Waals surface area contributed by atoms with Crippen molar-refractivity contribution in [2.24, 2.45) is 0 Å². The van der Waals surface area contributed by atoms with Gasteiger partial charge in [-0.15, -0.1) is 0 Å². The van der Waals surface area contributed by atoms with E-state index in [2.05, 4.69) is 24.4 Å². The molecule has 2 aromatic rings. The molecule has 0 spiro atoms. The number of hydrogen-bond acceptors (Lipinski definition) is 3. The van der Waals surface area contributed by atoms with Crippen LogP contribution in [0.5, 0.6) is 0 Å². The fraction of sp³-hybridized carbons (Fsp3) is 0.381. The molecule has 2 rings (SSSR count). The van der Waals surface area contributed by atoms with Crippen molar-refractivity contribution in [1.82, 2.24) is 9.62 Å². The smallest absolute Gasteiger partial charge is 0.235 e. The molecule has 0 bridgehead atoms. The van der Waals surface area contributed by atoms with Crippen LogP contribution < -0.4 is 5.32 Å². The van der Waals surface area contributed by atoms with Gasteiger partial charge in [-0.2, -0.15) is 4.31 Å². The molecule has 1 N–H and O–H groups in total. The summed E-state index contributed by atoms with van der Waals surface area (Å²) in [6.45, 7) is 7.99. The van der Waals surface area contributed by atoms with Gasteiger partial charge < -0.3 is 5.32 Å². The van der Waals surface area contributed by atoms with E-state index in [4.69, 9.17) is 0 Å². The number of nitrogens with one attached hydrogen (secondary N) is 1. The van der Waals surface area contributed by atoms with E-state index in [-0.39, 0.29) is 25.0 Å². The van der Waals surface area contributed by atoms with Gasteiger partial charge in [-0.25, -0.2) is 8.42 Å². The number of rotatable bonds is 7. The third-order valence-corrected chi connectivity index (χ3v) is 5.91. The lowest BCUT2D eigenvalue weighted by atomic mass is 9.96. The molecule has 1 unspecified atom stereocenters. The zero-order chi connectivity index (χ0) is 20.2. The Morgan fingerprint density at radius 1 is 1.04 bits per heavy atom. The summed E-state index contributed by atoms with van der Waals surface area (Å²) in [6, 6.07) is 13.2. The van der Waals surface area contributed by atoms with Crippen LogP contribution in [0.2, 0.25) is 0 Å². The van der Waals surface area contributed by atoms with Gasteiger partial charge in [-0.1, -0.05) is 42.5 Å². The highest BCUT2D eigenvalue weighted by atomic mass is 32.2. The highest BCUT2D eigenvalue weighted by Gasteiger charge is 2.22. The largest absolute Gasteiger partial charge is 0.348 e. The maximum Gasteiger partial charge on any atom is 0.235 e. The summed E-state index contributed by atoms with van der Waals surface area (Å²) in [7, 11) is -3.51. The van der Waals surface area contributed by atoms with Crippen LogP contribution >= 0.6 is 0 Å². The van der Waals surface area contributed by atoms with Crippen molar-refractivity contribution in [3.63, 3.8) is 0 Å². The van der Waals surface area contributed by atoms with E-state index in [0.29, 0.717) is 0 Å². The van der Waals surface area contributed by atoms with Crippen molar-refractivity contribution in [2.45, 2.75) is 40.3 Å². The third-order valence-electron chi connectivity index (χ3n) is 4.72. The number of benzene rings is 2. The molecule has 0 heterocycles. The van der Waals surface area contributed by atoms with Crippen molar-refractivity contribution in [2.75, 3.05) is 12.8 Å². The van der Waals surface area contributed by atoms with Gasteiger partial charge in [-0.05, 0) is 55.5 Å². The zero-order valence-electron chi connectivity index (χ0n) is 16.6. The first-order chi connectivity index (χ1) is 12.6. The minimum absolute atomic E-state index is 0.171. The molecule has 0 radical (unpaired) electrons. The van der Waals surface area contributed by atoms with Gasteiger partial charge in [0.2, 0.25) is 15.9 Å². The van der Waals surface area contributed by atoms with E-state index in [0.717, 1.165) is 22.9 Å². The highest BCUT2D eigenvalue weighted by Crippen LogP contribution is 2.21. The Balaban J connectivity index is 2.10. The molecule has 0 aliphatic carbocycles. The number of amides is 1. The van der Waals surface area contributed by atoms with E-state index in [1.165, 1.54) is 15.4 Å². The lowest BCUT2D eigenvalue weighted by molar-refractivity contribution is -0.122. The first-order valence-corrected chi connectivity index (χ1v) is 10.8. The summed E-state index contributed by atoms with van der Waals surface area (Å²) < 4.78 is 25.4. The zero-order valence-corrected chi connectivity index (χ0v) is 17.4. The van der Waals surface area contributed by atoms with E-state index in [1.807, 2.05) is 51.1 Å². The topological polar surface area (TPSA) is 66.5 Å². The average molecular weight is 389 g/mol. The molecule has 6 heteroatoms. The molecule has 2 aromatic carbocycles. The number of sulfonamides is 1. The summed E-state index contributed by atoms with van der Waals surface area (Å²) in [4.78, 5) is 12.5. The molecule has 1 atom stereocenters. The first kappa shape index (κ1) is 21.1. The van der Waals surface area contributed by atoms with Crippen molar-refractivity contribution < 1.29 is 13.2 Å². The molecule has 27 heavy (non-hydrogen) atoms. The number of carbonyl (C=O) groups excluding carboxylic acids is 1. The van der Waals surface area contributed by atoms with Crippen molar-refractivity contribution in [3.8, 4) is 0 Å². The Hall–Kier alpha value is -2.18. The second-order valence-electron chi connectivity index (χ2n) is 7.10. The summed E-state index contributed by atoms with van der Waals surface area (Å²) >= 11 is 0. The Bertz CT molecular complexity index is 909.